The molecule has 2 rings (SSSR count). The van der Waals surface area contributed by atoms with Crippen LogP contribution in [-0.4, -0.2) is 27.5 Å². The molecule has 0 N–H and O–H groups in total. The first-order valence-electron chi connectivity index (χ1n) is 6.99. The summed E-state index contributed by atoms with van der Waals surface area (Å²) in [5.74, 6) is -0.247. The Morgan fingerprint density at radius 1 is 1.32 bits per heavy atom. The molecule has 0 unspecified atom stereocenters. The number of benzene rings is 2. The quantitative estimate of drug-likeness (QED) is 0.281. The van der Waals surface area contributed by atoms with Gasteiger partial charge in [0, 0.05) is 0 Å². The number of rotatable bonds is 6. The van der Waals surface area contributed by atoms with Gasteiger partial charge in [-0.05, 0) is 0 Å². The van der Waals surface area contributed by atoms with Crippen LogP contribution in [-0.2, 0) is 11.2 Å². The summed E-state index contributed by atoms with van der Waals surface area (Å²) in [6, 6.07) is 14.4. The molecule has 0 aromatic heterocycles. The summed E-state index contributed by atoms with van der Waals surface area (Å²) in [5, 5.41) is 0. The van der Waals surface area contributed by atoms with E-state index in [2.05, 4.69) is 47.4 Å². The molecule has 0 spiro atoms. The van der Waals surface area contributed by atoms with E-state index in [9.17, 15) is 4.79 Å². The second-order valence-electron chi connectivity index (χ2n) is 4.56. The third-order valence-corrected chi connectivity index (χ3v) is 5.90. The SMILES string of the molecule is C=CCc1c([Se]c2ccccc2)cc(I)cc1C(=O)OCC. The number of allylic oxidation sites excluding steroid dienone is 1. The molecule has 0 aliphatic heterocycles. The van der Waals surface area contributed by atoms with Crippen molar-refractivity contribution in [2.24, 2.45) is 0 Å². The zero-order chi connectivity index (χ0) is 15.9. The Bertz CT molecular complexity index is 668. The van der Waals surface area contributed by atoms with Crippen LogP contribution in [0.4, 0.5) is 0 Å². The van der Waals surface area contributed by atoms with Gasteiger partial charge in [-0.25, -0.2) is 0 Å². The summed E-state index contributed by atoms with van der Waals surface area (Å²) in [5.41, 5.74) is 1.71. The van der Waals surface area contributed by atoms with Gasteiger partial charge < -0.3 is 0 Å². The van der Waals surface area contributed by atoms with Crippen LogP contribution in [0.2, 0.25) is 0 Å². The summed E-state index contributed by atoms with van der Waals surface area (Å²) >= 11 is 2.41. The van der Waals surface area contributed by atoms with Crippen LogP contribution in [0, 0.1) is 3.57 Å². The molecule has 0 aliphatic rings. The number of carbonyl (C=O) groups is 1. The van der Waals surface area contributed by atoms with Crippen molar-refractivity contribution < 1.29 is 9.53 Å². The number of carbonyl (C=O) groups excluding carboxylic acids is 1. The first-order valence-corrected chi connectivity index (χ1v) is 9.78. The third kappa shape index (κ3) is 4.45. The van der Waals surface area contributed by atoms with E-state index < -0.39 is 0 Å². The average molecular weight is 471 g/mol. The van der Waals surface area contributed by atoms with E-state index in [1.54, 1.807) is 0 Å². The molecule has 0 radical (unpaired) electrons. The molecule has 0 saturated heterocycles. The van der Waals surface area contributed by atoms with Crippen LogP contribution in [0.5, 0.6) is 0 Å². The van der Waals surface area contributed by atoms with Crippen LogP contribution in [0.1, 0.15) is 22.8 Å². The number of ether oxygens (including phenoxy) is 1. The fourth-order valence-corrected chi connectivity index (χ4v) is 5.36. The van der Waals surface area contributed by atoms with Crippen molar-refractivity contribution in [3.63, 3.8) is 0 Å². The normalized spacial score (nSPS) is 10.3. The van der Waals surface area contributed by atoms with Crippen molar-refractivity contribution in [1.82, 2.24) is 0 Å². The van der Waals surface area contributed by atoms with Gasteiger partial charge in [-0.15, -0.1) is 0 Å². The van der Waals surface area contributed by atoms with Crippen molar-refractivity contribution in [3.8, 4) is 0 Å². The van der Waals surface area contributed by atoms with Gasteiger partial charge in [-0.3, -0.25) is 0 Å². The molecule has 0 saturated carbocycles. The molecule has 2 aromatic carbocycles. The van der Waals surface area contributed by atoms with Crippen LogP contribution in [0.15, 0.2) is 55.1 Å². The van der Waals surface area contributed by atoms with Crippen molar-refractivity contribution in [3.05, 3.63) is 69.8 Å². The van der Waals surface area contributed by atoms with Crippen LogP contribution < -0.4 is 8.92 Å². The van der Waals surface area contributed by atoms with Gasteiger partial charge in [0.05, 0.1) is 0 Å². The monoisotopic (exact) mass is 472 g/mol. The van der Waals surface area contributed by atoms with Gasteiger partial charge in [0.1, 0.15) is 0 Å². The minimum atomic E-state index is -0.247. The van der Waals surface area contributed by atoms with Gasteiger partial charge in [0.2, 0.25) is 0 Å². The van der Waals surface area contributed by atoms with Gasteiger partial charge in [0.15, 0.2) is 0 Å². The Morgan fingerprint density at radius 2 is 2.05 bits per heavy atom. The maximum atomic E-state index is 12.2. The van der Waals surface area contributed by atoms with Gasteiger partial charge >= 0.3 is 152 Å². The molecular weight excluding hydrogens is 454 g/mol. The van der Waals surface area contributed by atoms with Crippen LogP contribution >= 0.6 is 22.6 Å². The second kappa shape index (κ2) is 8.51. The summed E-state index contributed by atoms with van der Waals surface area (Å²) in [6.45, 7) is 6.04. The number of halogens is 1. The topological polar surface area (TPSA) is 26.3 Å². The molecule has 0 fully saturated rings. The molecule has 0 amide bonds. The average Bonchev–Trinajstić information content (AvgIpc) is 2.51. The third-order valence-electron chi connectivity index (χ3n) is 2.99. The van der Waals surface area contributed by atoms with Crippen LogP contribution in [0.3, 0.4) is 0 Å². The maximum absolute atomic E-state index is 12.2. The molecule has 22 heavy (non-hydrogen) atoms. The Labute approximate surface area is 151 Å². The first-order chi connectivity index (χ1) is 10.7. The molecule has 0 heterocycles. The molecular formula is C18H17IO2Se. The zero-order valence-electron chi connectivity index (χ0n) is 12.3. The fourth-order valence-electron chi connectivity index (χ4n) is 2.06. The first kappa shape index (κ1) is 17.3. The Balaban J connectivity index is 2.47. The van der Waals surface area contributed by atoms with Gasteiger partial charge in [-0.1, -0.05) is 0 Å². The van der Waals surface area contributed by atoms with Crippen molar-refractivity contribution in [2.45, 2.75) is 13.3 Å². The Morgan fingerprint density at radius 3 is 2.68 bits per heavy atom. The van der Waals surface area contributed by atoms with E-state index in [1.807, 2.05) is 37.3 Å². The summed E-state index contributed by atoms with van der Waals surface area (Å²) in [7, 11) is 0. The molecule has 0 atom stereocenters. The van der Waals surface area contributed by atoms with E-state index >= 15 is 0 Å². The van der Waals surface area contributed by atoms with E-state index in [0.29, 0.717) is 18.6 Å². The van der Waals surface area contributed by atoms with E-state index in [4.69, 9.17) is 4.74 Å². The van der Waals surface area contributed by atoms with Crippen molar-refractivity contribution in [2.75, 3.05) is 6.61 Å². The minimum absolute atomic E-state index is 0.155. The second-order valence-corrected chi connectivity index (χ2v) is 8.14. The number of hydrogen-bond acceptors (Lipinski definition) is 2. The van der Waals surface area contributed by atoms with E-state index in [1.165, 1.54) is 8.92 Å². The molecule has 2 aromatic rings. The predicted octanol–water partition coefficient (Wildman–Crippen LogP) is 2.85. The molecule has 114 valence electrons. The zero-order valence-corrected chi connectivity index (χ0v) is 16.2. The summed E-state index contributed by atoms with van der Waals surface area (Å²) < 4.78 is 8.77. The molecule has 0 aliphatic carbocycles. The summed E-state index contributed by atoms with van der Waals surface area (Å²) in [6.07, 6.45) is 2.52. The number of hydrogen-bond donors (Lipinski definition) is 0. The Kier molecular flexibility index (Phi) is 6.68. The molecule has 4 heteroatoms. The molecule has 2 nitrogen and oxygen atoms in total. The van der Waals surface area contributed by atoms with Gasteiger partial charge in [0.25, 0.3) is 0 Å². The summed E-state index contributed by atoms with van der Waals surface area (Å²) in [4.78, 5) is 12.2. The van der Waals surface area contributed by atoms with Gasteiger partial charge in [-0.2, -0.15) is 0 Å². The van der Waals surface area contributed by atoms with E-state index in [0.717, 1.165) is 9.13 Å². The molecule has 0 bridgehead atoms. The van der Waals surface area contributed by atoms with Crippen molar-refractivity contribution >= 4 is 52.4 Å². The van der Waals surface area contributed by atoms with Crippen LogP contribution in [0.25, 0.3) is 0 Å². The fraction of sp³-hybridized carbons (Fsp3) is 0.167. The Hall–Kier alpha value is -1.10. The predicted molar refractivity (Wildman–Crippen MR) is 100 cm³/mol. The van der Waals surface area contributed by atoms with E-state index in [-0.39, 0.29) is 20.9 Å². The number of esters is 1. The standard InChI is InChI=1S/C18H17IO2Se/c1-3-8-15-16(18(20)21-4-2)11-13(19)12-17(15)22-14-9-6-5-7-10-14/h3,5-7,9-12H,1,4,8H2,2H3. The van der Waals surface area contributed by atoms with Crippen molar-refractivity contribution in [1.29, 1.82) is 0 Å².